The lowest BCUT2D eigenvalue weighted by Crippen LogP contribution is -2.04. The van der Waals surface area contributed by atoms with Crippen molar-refractivity contribution < 1.29 is 13.2 Å². The molecule has 0 aliphatic heterocycles. The van der Waals surface area contributed by atoms with E-state index >= 15 is 0 Å². The lowest BCUT2D eigenvalue weighted by atomic mass is 10.1. The molecule has 3 rings (SSSR count). The molecule has 2 aromatic carbocycles. The predicted molar refractivity (Wildman–Crippen MR) is 86.4 cm³/mol. The fourth-order valence-electron chi connectivity index (χ4n) is 2.45. The molecule has 0 saturated heterocycles. The molecule has 23 heavy (non-hydrogen) atoms. The Labute approximate surface area is 136 Å². The fraction of sp³-hybridized carbons (Fsp3) is 0.111. The number of nitrogens with zero attached hydrogens (tertiary/aromatic N) is 1. The first-order valence-electron chi connectivity index (χ1n) is 7.01. The van der Waals surface area contributed by atoms with Gasteiger partial charge < -0.3 is 4.57 Å². The highest BCUT2D eigenvalue weighted by Gasteiger charge is 2.37. The molecule has 0 atom stereocenters. The molecule has 0 saturated carbocycles. The Morgan fingerprint density at radius 1 is 0.870 bits per heavy atom. The highest BCUT2D eigenvalue weighted by atomic mass is 32.2. The van der Waals surface area contributed by atoms with E-state index in [4.69, 9.17) is 0 Å². The third kappa shape index (κ3) is 3.29. The Balaban J connectivity index is 2.17. The molecule has 0 fully saturated rings. The van der Waals surface area contributed by atoms with Crippen LogP contribution in [0.25, 0.3) is 11.3 Å². The lowest BCUT2D eigenvalue weighted by Gasteiger charge is -2.11. The Morgan fingerprint density at radius 3 is 2.00 bits per heavy atom. The van der Waals surface area contributed by atoms with Gasteiger partial charge in [-0.15, -0.1) is 0 Å². The Bertz CT molecular complexity index is 792. The third-order valence-electron chi connectivity index (χ3n) is 3.45. The number of halogens is 3. The summed E-state index contributed by atoms with van der Waals surface area (Å²) in [6, 6.07) is 18.3. The van der Waals surface area contributed by atoms with E-state index in [0.717, 1.165) is 28.4 Å². The van der Waals surface area contributed by atoms with E-state index in [1.807, 2.05) is 60.7 Å². The molecular weight excluding hydrogens is 319 g/mol. The largest absolute Gasteiger partial charge is 0.418 e. The minimum absolute atomic E-state index is 0.234. The van der Waals surface area contributed by atoms with Crippen molar-refractivity contribution in [1.82, 2.24) is 4.57 Å². The van der Waals surface area contributed by atoms with Gasteiger partial charge in [-0.1, -0.05) is 60.3 Å². The summed E-state index contributed by atoms with van der Waals surface area (Å²) in [6.45, 7) is 0. The summed E-state index contributed by atoms with van der Waals surface area (Å²) in [5, 5.41) is 0. The van der Waals surface area contributed by atoms with Crippen LogP contribution >= 0.6 is 11.8 Å². The molecule has 3 aromatic rings. The minimum Gasteiger partial charge on any atom is -0.349 e. The number of aromatic nitrogens is 1. The molecule has 1 heterocycles. The van der Waals surface area contributed by atoms with E-state index in [2.05, 4.69) is 0 Å². The molecule has 118 valence electrons. The number of alkyl halides is 3. The van der Waals surface area contributed by atoms with Gasteiger partial charge in [-0.3, -0.25) is 0 Å². The van der Waals surface area contributed by atoms with E-state index in [1.165, 1.54) is 0 Å². The van der Waals surface area contributed by atoms with Gasteiger partial charge in [-0.05, 0) is 17.7 Å². The molecule has 0 amide bonds. The van der Waals surface area contributed by atoms with Gasteiger partial charge in [0.25, 0.3) is 0 Å². The summed E-state index contributed by atoms with van der Waals surface area (Å²) >= 11 is 1.14. The smallest absolute Gasteiger partial charge is 0.349 e. The van der Waals surface area contributed by atoms with Crippen LogP contribution in [-0.4, -0.2) is 4.57 Å². The predicted octanol–water partition coefficient (Wildman–Crippen LogP) is 5.86. The molecule has 5 heteroatoms. The summed E-state index contributed by atoms with van der Waals surface area (Å²) in [5.74, 6) is 0. The first-order valence-corrected chi connectivity index (χ1v) is 7.83. The summed E-state index contributed by atoms with van der Waals surface area (Å²) < 4.78 is 41.8. The molecule has 0 aliphatic carbocycles. The van der Waals surface area contributed by atoms with Crippen LogP contribution in [-0.2, 0) is 13.2 Å². The van der Waals surface area contributed by atoms with Crippen LogP contribution in [0.1, 0.15) is 5.56 Å². The van der Waals surface area contributed by atoms with Crippen LogP contribution < -0.4 is 0 Å². The zero-order chi connectivity index (χ0) is 16.4. The van der Waals surface area contributed by atoms with E-state index < -0.39 is 11.7 Å². The zero-order valence-corrected chi connectivity index (χ0v) is 13.2. The lowest BCUT2D eigenvalue weighted by molar-refractivity contribution is -0.139. The van der Waals surface area contributed by atoms with E-state index in [0.29, 0.717) is 5.69 Å². The van der Waals surface area contributed by atoms with E-state index in [-0.39, 0.29) is 4.90 Å². The molecule has 0 spiro atoms. The second kappa shape index (κ2) is 6.16. The van der Waals surface area contributed by atoms with Gasteiger partial charge in [-0.25, -0.2) is 0 Å². The number of benzene rings is 2. The first-order chi connectivity index (χ1) is 11.0. The van der Waals surface area contributed by atoms with Crippen molar-refractivity contribution in [1.29, 1.82) is 0 Å². The van der Waals surface area contributed by atoms with Gasteiger partial charge in [-0.2, -0.15) is 13.2 Å². The summed E-state index contributed by atoms with van der Waals surface area (Å²) in [5.41, 5.74) is 0.739. The van der Waals surface area contributed by atoms with Crippen LogP contribution in [0, 0.1) is 0 Å². The second-order valence-corrected chi connectivity index (χ2v) is 6.19. The van der Waals surface area contributed by atoms with Crippen molar-refractivity contribution in [2.45, 2.75) is 16.0 Å². The van der Waals surface area contributed by atoms with Gasteiger partial charge in [0.05, 0.1) is 16.2 Å². The molecule has 0 bridgehead atoms. The fourth-order valence-corrected chi connectivity index (χ4v) is 3.61. The minimum atomic E-state index is -4.39. The van der Waals surface area contributed by atoms with Gasteiger partial charge in [0, 0.05) is 18.1 Å². The average Bonchev–Trinajstić information content (AvgIpc) is 2.86. The number of aryl methyl sites for hydroxylation is 1. The molecule has 0 N–H and O–H groups in total. The van der Waals surface area contributed by atoms with Crippen LogP contribution in [0.5, 0.6) is 0 Å². The molecule has 0 radical (unpaired) electrons. The first kappa shape index (κ1) is 15.7. The summed E-state index contributed by atoms with van der Waals surface area (Å²) in [7, 11) is 1.65. The highest BCUT2D eigenvalue weighted by Crippen LogP contribution is 2.45. The normalized spacial score (nSPS) is 11.7. The number of hydrogen-bond donors (Lipinski definition) is 0. The van der Waals surface area contributed by atoms with E-state index in [9.17, 15) is 13.2 Å². The van der Waals surface area contributed by atoms with Crippen molar-refractivity contribution in [2.75, 3.05) is 0 Å². The maximum Gasteiger partial charge on any atom is 0.418 e. The van der Waals surface area contributed by atoms with Crippen LogP contribution in [0.2, 0.25) is 0 Å². The van der Waals surface area contributed by atoms with Gasteiger partial charge in [0.2, 0.25) is 0 Å². The average molecular weight is 333 g/mol. The Kier molecular flexibility index (Phi) is 4.22. The standard InChI is InChI=1S/C18H14F3NS/c1-22-12-15(18(19,20)21)17(23-14-10-6-3-7-11-14)16(22)13-8-4-2-5-9-13/h2-12H,1H3. The molecular formula is C18H14F3NS. The zero-order valence-electron chi connectivity index (χ0n) is 12.3. The highest BCUT2D eigenvalue weighted by molar-refractivity contribution is 7.99. The monoisotopic (exact) mass is 333 g/mol. The molecule has 0 unspecified atom stereocenters. The maximum atomic E-state index is 13.4. The molecule has 1 aromatic heterocycles. The third-order valence-corrected chi connectivity index (χ3v) is 4.58. The van der Waals surface area contributed by atoms with Gasteiger partial charge >= 0.3 is 6.18 Å². The van der Waals surface area contributed by atoms with Crippen molar-refractivity contribution >= 4 is 11.8 Å². The van der Waals surface area contributed by atoms with Crippen LogP contribution in [0.15, 0.2) is 76.7 Å². The summed E-state index contributed by atoms with van der Waals surface area (Å²) in [6.07, 6.45) is -3.23. The maximum absolute atomic E-state index is 13.4. The van der Waals surface area contributed by atoms with Crippen molar-refractivity contribution in [3.05, 3.63) is 72.4 Å². The Hall–Kier alpha value is -2.14. The number of hydrogen-bond acceptors (Lipinski definition) is 1. The van der Waals surface area contributed by atoms with Crippen molar-refractivity contribution in [3.63, 3.8) is 0 Å². The molecule has 0 aliphatic rings. The van der Waals surface area contributed by atoms with E-state index in [1.54, 1.807) is 11.6 Å². The SMILES string of the molecule is Cn1cc(C(F)(F)F)c(Sc2ccccc2)c1-c1ccccc1. The second-order valence-electron chi connectivity index (χ2n) is 5.11. The topological polar surface area (TPSA) is 4.93 Å². The van der Waals surface area contributed by atoms with Gasteiger partial charge in [0.1, 0.15) is 0 Å². The summed E-state index contributed by atoms with van der Waals surface area (Å²) in [4.78, 5) is 1.01. The van der Waals surface area contributed by atoms with Crippen LogP contribution in [0.3, 0.4) is 0 Å². The number of rotatable bonds is 3. The molecule has 1 nitrogen and oxygen atoms in total. The Morgan fingerprint density at radius 2 is 1.43 bits per heavy atom. The van der Waals surface area contributed by atoms with Gasteiger partial charge in [0.15, 0.2) is 0 Å². The van der Waals surface area contributed by atoms with Crippen molar-refractivity contribution in [2.24, 2.45) is 7.05 Å². The van der Waals surface area contributed by atoms with Crippen LogP contribution in [0.4, 0.5) is 13.2 Å². The quantitative estimate of drug-likeness (QED) is 0.581. The van der Waals surface area contributed by atoms with Crippen molar-refractivity contribution in [3.8, 4) is 11.3 Å².